The van der Waals surface area contributed by atoms with Crippen LogP contribution < -0.4 is 21.1 Å². The highest BCUT2D eigenvalue weighted by molar-refractivity contribution is 6.05. The quantitative estimate of drug-likeness (QED) is 0.0233. The van der Waals surface area contributed by atoms with Crippen LogP contribution in [0.1, 0.15) is 60.5 Å². The van der Waals surface area contributed by atoms with Crippen molar-refractivity contribution >= 4 is 46.6 Å². The van der Waals surface area contributed by atoms with E-state index in [1.165, 1.54) is 12.1 Å². The molecule has 73 heavy (non-hydrogen) atoms. The van der Waals surface area contributed by atoms with Crippen LogP contribution in [0.25, 0.3) is 22.4 Å². The fourth-order valence-corrected chi connectivity index (χ4v) is 7.89. The number of carbonyl (C=O) groups is 5. The Morgan fingerprint density at radius 1 is 0.589 bits per heavy atom. The molecule has 0 saturated heterocycles. The van der Waals surface area contributed by atoms with Crippen LogP contribution in [0.15, 0.2) is 182 Å². The summed E-state index contributed by atoms with van der Waals surface area (Å²) in [7, 11) is 1.76. The third-order valence-electron chi connectivity index (χ3n) is 11.8. The molecule has 0 aliphatic heterocycles. The number of amidine groups is 1. The van der Waals surface area contributed by atoms with Gasteiger partial charge in [-0.05, 0) is 76.3 Å². The summed E-state index contributed by atoms with van der Waals surface area (Å²) in [5, 5.41) is 13.8. The Bertz CT molecular complexity index is 3220. The SMILES string of the molecule is Cn1c(-c2ccc(C(=O)OCc3ccccc3)cc2C(=N)N)nc2cc(C(=O)NC(CC(=O)OCc3ccccc3)C(=O)NC(Cc3ccc(OCc4ccccc4)cc3)C(=O)OCc3ccccc3)ccc21. The molecule has 2 unspecified atom stereocenters. The molecule has 1 aromatic heterocycles. The zero-order valence-corrected chi connectivity index (χ0v) is 39.9. The van der Waals surface area contributed by atoms with E-state index >= 15 is 0 Å². The summed E-state index contributed by atoms with van der Waals surface area (Å²) >= 11 is 0. The van der Waals surface area contributed by atoms with E-state index in [2.05, 4.69) is 10.6 Å². The third-order valence-corrected chi connectivity index (χ3v) is 11.8. The van der Waals surface area contributed by atoms with E-state index in [4.69, 9.17) is 35.1 Å². The molecule has 8 rings (SSSR count). The van der Waals surface area contributed by atoms with Crippen LogP contribution in [0.5, 0.6) is 5.75 Å². The molecule has 15 nitrogen and oxygen atoms in total. The van der Waals surface area contributed by atoms with Gasteiger partial charge in [-0.15, -0.1) is 0 Å². The molecule has 15 heteroatoms. The molecule has 0 fully saturated rings. The second kappa shape index (κ2) is 24.0. The number of hydrogen-bond donors (Lipinski definition) is 4. The average molecular weight is 977 g/mol. The smallest absolute Gasteiger partial charge is 0.338 e. The van der Waals surface area contributed by atoms with Gasteiger partial charge in [-0.1, -0.05) is 133 Å². The molecule has 1 heterocycles. The number of benzene rings is 7. The lowest BCUT2D eigenvalue weighted by Crippen LogP contribution is -2.53. The first-order valence-corrected chi connectivity index (χ1v) is 23.4. The van der Waals surface area contributed by atoms with Crippen LogP contribution in [-0.4, -0.2) is 57.2 Å². The summed E-state index contributed by atoms with van der Waals surface area (Å²) in [6.45, 7) is 0.281. The van der Waals surface area contributed by atoms with E-state index in [0.29, 0.717) is 45.9 Å². The normalized spacial score (nSPS) is 11.7. The van der Waals surface area contributed by atoms with Crippen LogP contribution in [0.3, 0.4) is 0 Å². The summed E-state index contributed by atoms with van der Waals surface area (Å²) in [6.07, 6.45) is -0.578. The lowest BCUT2D eigenvalue weighted by molar-refractivity contribution is -0.149. The summed E-state index contributed by atoms with van der Waals surface area (Å²) in [5.74, 6) is -2.98. The maximum atomic E-state index is 14.4. The highest BCUT2D eigenvalue weighted by Crippen LogP contribution is 2.29. The predicted octanol–water partition coefficient (Wildman–Crippen LogP) is 8.16. The number of ether oxygens (including phenoxy) is 4. The van der Waals surface area contributed by atoms with E-state index in [1.807, 2.05) is 84.9 Å². The topological polar surface area (TPSA) is 214 Å². The maximum Gasteiger partial charge on any atom is 0.338 e. The van der Waals surface area contributed by atoms with Gasteiger partial charge in [-0.2, -0.15) is 0 Å². The number of rotatable bonds is 21. The van der Waals surface area contributed by atoms with Crippen molar-refractivity contribution in [3.63, 3.8) is 0 Å². The van der Waals surface area contributed by atoms with Crippen molar-refractivity contribution in [2.45, 2.75) is 51.4 Å². The molecular formula is C58H52N6O9. The molecule has 0 saturated carbocycles. The van der Waals surface area contributed by atoms with Gasteiger partial charge in [0, 0.05) is 30.2 Å². The first kappa shape index (κ1) is 50.0. The number of nitrogens with two attached hydrogens (primary N) is 1. The molecule has 2 atom stereocenters. The van der Waals surface area contributed by atoms with Gasteiger partial charge in [0.25, 0.3) is 5.91 Å². The number of aryl methyl sites for hydroxylation is 1. The fraction of sp³-hybridized carbons (Fsp3) is 0.155. The van der Waals surface area contributed by atoms with Gasteiger partial charge in [-0.25, -0.2) is 14.6 Å². The molecule has 0 aliphatic carbocycles. The first-order valence-electron chi connectivity index (χ1n) is 23.4. The van der Waals surface area contributed by atoms with Crippen LogP contribution in [-0.2, 0) is 68.5 Å². The minimum atomic E-state index is -1.51. The number of nitrogen functional groups attached to an aromatic ring is 1. The largest absolute Gasteiger partial charge is 0.489 e. The number of carbonyl (C=O) groups excluding carboxylic acids is 5. The Kier molecular flexibility index (Phi) is 16.4. The van der Waals surface area contributed by atoms with Gasteiger partial charge in [0.15, 0.2) is 0 Å². The number of imidazole rings is 1. The molecule has 8 aromatic rings. The van der Waals surface area contributed by atoms with Gasteiger partial charge >= 0.3 is 17.9 Å². The van der Waals surface area contributed by atoms with Crippen molar-refractivity contribution in [2.75, 3.05) is 0 Å². The van der Waals surface area contributed by atoms with E-state index < -0.39 is 48.2 Å². The number of nitrogens with one attached hydrogen (secondary N) is 3. The standard InChI is InChI=1S/C58H52N6O9/c1-64-51-29-25-43(32-48(51)61-54(64)46-28-24-44(31-47(46)53(59)60)57(68)72-36-41-18-10-4-11-19-41)55(66)62-49(33-52(65)71-35-40-16-8-3-9-17-40)56(67)63-50(58(69)73-37-42-20-12-5-13-21-42)30-38-22-26-45(27-23-38)70-34-39-14-6-2-7-15-39/h2-29,31-32,49-50H,30,33-37H2,1H3,(H3,59,60)(H,62,66)(H,63,67). The summed E-state index contributed by atoms with van der Waals surface area (Å²) < 4.78 is 24.5. The number of aromatic nitrogens is 2. The molecule has 5 N–H and O–H groups in total. The third kappa shape index (κ3) is 13.5. The molecule has 0 bridgehead atoms. The fourth-order valence-electron chi connectivity index (χ4n) is 7.89. The van der Waals surface area contributed by atoms with Crippen molar-refractivity contribution < 1.29 is 42.9 Å². The van der Waals surface area contributed by atoms with Crippen molar-refractivity contribution in [3.8, 4) is 17.1 Å². The molecule has 2 amide bonds. The van der Waals surface area contributed by atoms with E-state index in [0.717, 1.165) is 16.7 Å². The van der Waals surface area contributed by atoms with E-state index in [-0.39, 0.29) is 48.8 Å². The van der Waals surface area contributed by atoms with Gasteiger partial charge in [0.1, 0.15) is 55.9 Å². The number of fused-ring (bicyclic) bond motifs is 1. The van der Waals surface area contributed by atoms with Crippen molar-refractivity contribution in [3.05, 3.63) is 226 Å². The molecule has 0 radical (unpaired) electrons. The van der Waals surface area contributed by atoms with Crippen molar-refractivity contribution in [1.82, 2.24) is 20.2 Å². The Morgan fingerprint density at radius 2 is 1.14 bits per heavy atom. The van der Waals surface area contributed by atoms with Gasteiger partial charge in [-0.3, -0.25) is 19.8 Å². The van der Waals surface area contributed by atoms with Crippen molar-refractivity contribution in [2.24, 2.45) is 12.8 Å². The molecule has 368 valence electrons. The van der Waals surface area contributed by atoms with E-state index in [9.17, 15) is 24.0 Å². The van der Waals surface area contributed by atoms with Crippen LogP contribution >= 0.6 is 0 Å². The number of esters is 3. The van der Waals surface area contributed by atoms with Crippen molar-refractivity contribution in [1.29, 1.82) is 5.41 Å². The lowest BCUT2D eigenvalue weighted by Gasteiger charge is -2.23. The van der Waals surface area contributed by atoms with Gasteiger partial charge in [0.05, 0.1) is 23.0 Å². The highest BCUT2D eigenvalue weighted by atomic mass is 16.5. The number of nitrogens with zero attached hydrogens (tertiary/aromatic N) is 2. The second-order valence-electron chi connectivity index (χ2n) is 17.1. The molecule has 0 aliphatic rings. The monoisotopic (exact) mass is 976 g/mol. The number of hydrogen-bond acceptors (Lipinski definition) is 11. The van der Waals surface area contributed by atoms with Crippen LogP contribution in [0.4, 0.5) is 0 Å². The van der Waals surface area contributed by atoms with E-state index in [1.54, 1.807) is 96.5 Å². The summed E-state index contributed by atoms with van der Waals surface area (Å²) in [5.41, 5.74) is 12.0. The average Bonchev–Trinajstić information content (AvgIpc) is 3.76. The predicted molar refractivity (Wildman–Crippen MR) is 274 cm³/mol. The number of amides is 2. The maximum absolute atomic E-state index is 14.4. The zero-order chi connectivity index (χ0) is 51.1. The second-order valence-corrected chi connectivity index (χ2v) is 17.1. The molecule has 7 aromatic carbocycles. The lowest BCUT2D eigenvalue weighted by atomic mass is 10.0. The Hall–Kier alpha value is -9.37. The van der Waals surface area contributed by atoms with Gasteiger partial charge < -0.3 is 39.9 Å². The van der Waals surface area contributed by atoms with Crippen LogP contribution in [0.2, 0.25) is 0 Å². The van der Waals surface area contributed by atoms with Crippen LogP contribution in [0, 0.1) is 5.41 Å². The Balaban J connectivity index is 1.02. The Labute approximate surface area is 421 Å². The Morgan fingerprint density at radius 3 is 1.73 bits per heavy atom. The highest BCUT2D eigenvalue weighted by Gasteiger charge is 2.31. The summed E-state index contributed by atoms with van der Waals surface area (Å²) in [4.78, 5) is 73.8. The molecule has 0 spiro atoms. The molecular weight excluding hydrogens is 925 g/mol. The minimum absolute atomic E-state index is 0.00252. The minimum Gasteiger partial charge on any atom is -0.489 e. The first-order chi connectivity index (χ1) is 35.5. The zero-order valence-electron chi connectivity index (χ0n) is 39.9. The summed E-state index contributed by atoms with van der Waals surface area (Å²) in [6, 6.07) is 50.8. The van der Waals surface area contributed by atoms with Gasteiger partial charge in [0.2, 0.25) is 5.91 Å².